The summed E-state index contributed by atoms with van der Waals surface area (Å²) in [7, 11) is 1.66. The lowest BCUT2D eigenvalue weighted by Gasteiger charge is -2.21. The first-order valence-corrected chi connectivity index (χ1v) is 10.7. The number of nitrogens with zero attached hydrogens (tertiary/aromatic N) is 2. The molecule has 1 atom stereocenters. The number of Topliss-reactive ketones (excluding diaryl/α,β-unsaturated/α-hetero) is 1. The van der Waals surface area contributed by atoms with E-state index in [0.29, 0.717) is 6.42 Å². The number of imidazole rings is 1. The average Bonchev–Trinajstić information content (AvgIpc) is 3.28. The van der Waals surface area contributed by atoms with E-state index in [1.54, 1.807) is 7.11 Å². The van der Waals surface area contributed by atoms with Crippen molar-refractivity contribution in [3.05, 3.63) is 75.3 Å². The number of hydrogen-bond donors (Lipinski definition) is 0. The summed E-state index contributed by atoms with van der Waals surface area (Å²) in [5.74, 6) is 1.23. The summed E-state index contributed by atoms with van der Waals surface area (Å²) < 4.78 is 8.40. The van der Waals surface area contributed by atoms with Gasteiger partial charge in [0.05, 0.1) is 17.7 Å². The molecule has 2 aromatic heterocycles. The molecule has 0 radical (unpaired) electrons. The van der Waals surface area contributed by atoms with E-state index in [9.17, 15) is 4.79 Å². The van der Waals surface area contributed by atoms with Gasteiger partial charge in [-0.05, 0) is 42.2 Å². The summed E-state index contributed by atoms with van der Waals surface area (Å²) >= 11 is 4.97. The summed E-state index contributed by atoms with van der Waals surface area (Å²) in [6, 6.07) is 16.2. The van der Waals surface area contributed by atoms with Crippen molar-refractivity contribution in [3.8, 4) is 17.0 Å². The number of ether oxygens (including phenoxy) is 1. The van der Waals surface area contributed by atoms with Crippen LogP contribution in [0.3, 0.4) is 0 Å². The van der Waals surface area contributed by atoms with Crippen molar-refractivity contribution in [1.82, 2.24) is 9.38 Å². The number of thiazole rings is 1. The van der Waals surface area contributed by atoms with Crippen LogP contribution in [0.5, 0.6) is 5.75 Å². The van der Waals surface area contributed by atoms with Crippen molar-refractivity contribution >= 4 is 38.0 Å². The molecular weight excluding hydrogens is 436 g/mol. The molecule has 0 fully saturated rings. The van der Waals surface area contributed by atoms with Crippen molar-refractivity contribution in [1.29, 1.82) is 0 Å². The lowest BCUT2D eigenvalue weighted by atomic mass is 9.84. The molecule has 4 nitrogen and oxygen atoms in total. The molecule has 4 aromatic rings. The minimum absolute atomic E-state index is 0.183. The van der Waals surface area contributed by atoms with Crippen molar-refractivity contribution in [2.24, 2.45) is 0 Å². The summed E-state index contributed by atoms with van der Waals surface area (Å²) in [6.07, 6.45) is 3.43. The zero-order valence-electron chi connectivity index (χ0n) is 15.2. The molecule has 2 heterocycles. The van der Waals surface area contributed by atoms with Crippen LogP contribution >= 0.6 is 27.3 Å². The van der Waals surface area contributed by atoms with Crippen molar-refractivity contribution < 1.29 is 9.53 Å². The van der Waals surface area contributed by atoms with Crippen LogP contribution in [-0.2, 0) is 6.42 Å². The molecule has 28 heavy (non-hydrogen) atoms. The van der Waals surface area contributed by atoms with Gasteiger partial charge in [-0.3, -0.25) is 9.20 Å². The molecule has 0 bridgehead atoms. The highest BCUT2D eigenvalue weighted by Crippen LogP contribution is 2.38. The standard InChI is InChI=1S/C22H17BrN2O2S/c1-27-17-8-4-13(5-9-17)15-10-19-21(20(26)11-15)28-22-24-18(12-25(19)22)14-2-6-16(23)7-3-14/h2-9,12,15H,10-11H2,1H3/t15-/m0/s1. The fourth-order valence-electron chi connectivity index (χ4n) is 3.79. The van der Waals surface area contributed by atoms with Gasteiger partial charge >= 0.3 is 0 Å². The third-order valence-corrected chi connectivity index (χ3v) is 6.94. The van der Waals surface area contributed by atoms with E-state index in [2.05, 4.69) is 38.7 Å². The minimum atomic E-state index is 0.183. The first kappa shape index (κ1) is 17.6. The lowest BCUT2D eigenvalue weighted by Crippen LogP contribution is -2.18. The number of rotatable bonds is 3. The number of hydrogen-bond acceptors (Lipinski definition) is 4. The van der Waals surface area contributed by atoms with Gasteiger partial charge in [0.15, 0.2) is 10.7 Å². The van der Waals surface area contributed by atoms with Gasteiger partial charge in [-0.25, -0.2) is 4.98 Å². The minimum Gasteiger partial charge on any atom is -0.497 e. The summed E-state index contributed by atoms with van der Waals surface area (Å²) in [6.45, 7) is 0. The quantitative estimate of drug-likeness (QED) is 0.397. The van der Waals surface area contributed by atoms with Gasteiger partial charge < -0.3 is 4.74 Å². The van der Waals surface area contributed by atoms with Crippen molar-refractivity contribution in [2.75, 3.05) is 7.11 Å². The van der Waals surface area contributed by atoms with Crippen LogP contribution in [0.2, 0.25) is 0 Å². The highest BCUT2D eigenvalue weighted by molar-refractivity contribution is 9.10. The molecule has 1 aliphatic carbocycles. The normalized spacial score (nSPS) is 16.4. The second kappa shape index (κ2) is 6.87. The number of ketones is 1. The van der Waals surface area contributed by atoms with Gasteiger partial charge in [-0.15, -0.1) is 0 Å². The number of methoxy groups -OCH3 is 1. The number of benzene rings is 2. The van der Waals surface area contributed by atoms with Gasteiger partial charge in [0, 0.05) is 28.3 Å². The molecule has 5 rings (SSSR count). The highest BCUT2D eigenvalue weighted by atomic mass is 79.9. The summed E-state index contributed by atoms with van der Waals surface area (Å²) in [5, 5.41) is 0. The van der Waals surface area contributed by atoms with Crippen LogP contribution in [0, 0.1) is 0 Å². The van der Waals surface area contributed by atoms with E-state index in [-0.39, 0.29) is 11.7 Å². The smallest absolute Gasteiger partial charge is 0.195 e. The first-order chi connectivity index (χ1) is 13.6. The van der Waals surface area contributed by atoms with E-state index >= 15 is 0 Å². The second-order valence-electron chi connectivity index (χ2n) is 6.97. The monoisotopic (exact) mass is 452 g/mol. The number of carbonyl (C=O) groups excluding carboxylic acids is 1. The number of fused-ring (bicyclic) bond motifs is 3. The van der Waals surface area contributed by atoms with Crippen LogP contribution in [0.15, 0.2) is 59.2 Å². The van der Waals surface area contributed by atoms with E-state index < -0.39 is 0 Å². The van der Waals surface area contributed by atoms with Crippen molar-refractivity contribution in [3.63, 3.8) is 0 Å². The van der Waals surface area contributed by atoms with Gasteiger partial charge in [0.2, 0.25) is 0 Å². The maximum Gasteiger partial charge on any atom is 0.195 e. The maximum absolute atomic E-state index is 12.8. The Labute approximate surface area is 174 Å². The molecule has 0 amide bonds. The Morgan fingerprint density at radius 1 is 1.11 bits per heavy atom. The fraction of sp³-hybridized carbons (Fsp3) is 0.182. The molecule has 2 aromatic carbocycles. The Morgan fingerprint density at radius 3 is 2.57 bits per heavy atom. The summed E-state index contributed by atoms with van der Waals surface area (Å²) in [4.78, 5) is 19.3. The molecule has 0 saturated heterocycles. The Morgan fingerprint density at radius 2 is 1.86 bits per heavy atom. The predicted molar refractivity (Wildman–Crippen MR) is 115 cm³/mol. The Hall–Kier alpha value is -2.44. The molecule has 0 aliphatic heterocycles. The zero-order valence-corrected chi connectivity index (χ0v) is 17.6. The van der Waals surface area contributed by atoms with E-state index in [4.69, 9.17) is 9.72 Å². The Balaban J connectivity index is 1.52. The molecule has 0 unspecified atom stereocenters. The fourth-order valence-corrected chi connectivity index (χ4v) is 5.14. The molecule has 1 aliphatic rings. The van der Waals surface area contributed by atoms with Crippen LogP contribution in [-0.4, -0.2) is 22.3 Å². The third kappa shape index (κ3) is 2.97. The first-order valence-electron chi connectivity index (χ1n) is 9.06. The number of aromatic nitrogens is 2. The number of carbonyl (C=O) groups is 1. The Bertz CT molecular complexity index is 1180. The van der Waals surface area contributed by atoms with Crippen LogP contribution in [0.1, 0.15) is 33.3 Å². The zero-order chi connectivity index (χ0) is 19.3. The lowest BCUT2D eigenvalue weighted by molar-refractivity contribution is 0.0967. The predicted octanol–water partition coefficient (Wildman–Crippen LogP) is 5.75. The van der Waals surface area contributed by atoms with Gasteiger partial charge in [-0.2, -0.15) is 0 Å². The largest absolute Gasteiger partial charge is 0.497 e. The van der Waals surface area contributed by atoms with E-state index in [1.165, 1.54) is 16.9 Å². The average molecular weight is 453 g/mol. The molecule has 6 heteroatoms. The maximum atomic E-state index is 12.8. The number of halogens is 1. The highest BCUT2D eigenvalue weighted by Gasteiger charge is 2.30. The van der Waals surface area contributed by atoms with Crippen molar-refractivity contribution in [2.45, 2.75) is 18.8 Å². The van der Waals surface area contributed by atoms with Gasteiger partial charge in [0.1, 0.15) is 5.75 Å². The molecular formula is C22H17BrN2O2S. The SMILES string of the molecule is COc1ccc([C@@H]2CC(=O)c3sc4nc(-c5ccc(Br)cc5)cn4c3C2)cc1. The van der Waals surface area contributed by atoms with Gasteiger partial charge in [0.25, 0.3) is 0 Å². The topological polar surface area (TPSA) is 43.6 Å². The molecule has 0 spiro atoms. The summed E-state index contributed by atoms with van der Waals surface area (Å²) in [5.41, 5.74) is 4.25. The molecule has 0 saturated carbocycles. The Kier molecular flexibility index (Phi) is 4.33. The second-order valence-corrected chi connectivity index (χ2v) is 8.86. The third-order valence-electron chi connectivity index (χ3n) is 5.27. The van der Waals surface area contributed by atoms with Crippen LogP contribution in [0.4, 0.5) is 0 Å². The molecule has 140 valence electrons. The molecule has 0 N–H and O–H groups in total. The van der Waals surface area contributed by atoms with Crippen LogP contribution in [0.25, 0.3) is 16.2 Å². The van der Waals surface area contributed by atoms with Gasteiger partial charge in [-0.1, -0.05) is 51.5 Å². The van der Waals surface area contributed by atoms with E-state index in [0.717, 1.165) is 43.4 Å². The van der Waals surface area contributed by atoms with Crippen LogP contribution < -0.4 is 4.74 Å². The van der Waals surface area contributed by atoms with E-state index in [1.807, 2.05) is 36.4 Å².